The van der Waals surface area contributed by atoms with E-state index in [9.17, 15) is 9.90 Å². The molecule has 27 heavy (non-hydrogen) atoms. The Morgan fingerprint density at radius 3 is 2.67 bits per heavy atom. The number of fused-ring (bicyclic) bond motifs is 1. The summed E-state index contributed by atoms with van der Waals surface area (Å²) in [6.45, 7) is 1.87. The van der Waals surface area contributed by atoms with Gasteiger partial charge >= 0.3 is 0 Å². The van der Waals surface area contributed by atoms with Gasteiger partial charge in [-0.15, -0.1) is 0 Å². The minimum atomic E-state index is -0.609. The lowest BCUT2D eigenvalue weighted by Gasteiger charge is -2.34. The normalized spacial score (nSPS) is 22.7. The molecule has 0 unspecified atom stereocenters. The number of hydrogen-bond donors (Lipinski definition) is 3. The Hall–Kier alpha value is -2.93. The van der Waals surface area contributed by atoms with Crippen molar-refractivity contribution in [1.82, 2.24) is 14.6 Å². The van der Waals surface area contributed by atoms with Crippen LogP contribution in [-0.2, 0) is 0 Å². The van der Waals surface area contributed by atoms with Crippen LogP contribution in [0.2, 0.25) is 0 Å². The number of aromatic nitrogens is 3. The summed E-state index contributed by atoms with van der Waals surface area (Å²) in [7, 11) is 0. The third kappa shape index (κ3) is 3.50. The van der Waals surface area contributed by atoms with Crippen molar-refractivity contribution in [2.45, 2.75) is 44.2 Å². The highest BCUT2D eigenvalue weighted by atomic mass is 16.3. The van der Waals surface area contributed by atoms with E-state index in [0.717, 1.165) is 42.3 Å². The first kappa shape index (κ1) is 17.5. The van der Waals surface area contributed by atoms with E-state index in [1.54, 1.807) is 16.9 Å². The Bertz CT molecular complexity index is 971. The van der Waals surface area contributed by atoms with E-state index in [1.165, 1.54) is 6.20 Å². The van der Waals surface area contributed by atoms with Crippen molar-refractivity contribution in [3.63, 3.8) is 0 Å². The molecule has 1 saturated carbocycles. The minimum Gasteiger partial charge on any atom is -0.390 e. The Morgan fingerprint density at radius 2 is 2.00 bits per heavy atom. The molecule has 4 N–H and O–H groups in total. The van der Waals surface area contributed by atoms with Gasteiger partial charge in [-0.1, -0.05) is 0 Å². The van der Waals surface area contributed by atoms with Crippen molar-refractivity contribution in [1.29, 1.82) is 0 Å². The van der Waals surface area contributed by atoms with Gasteiger partial charge in [-0.2, -0.15) is 5.10 Å². The van der Waals surface area contributed by atoms with Crippen molar-refractivity contribution >= 4 is 17.1 Å². The lowest BCUT2D eigenvalue weighted by molar-refractivity contribution is 0.0196. The van der Waals surface area contributed by atoms with E-state index in [0.29, 0.717) is 11.3 Å². The smallest absolute Gasteiger partial charge is 0.252 e. The van der Waals surface area contributed by atoms with Crippen LogP contribution in [0.3, 0.4) is 0 Å². The Balaban J connectivity index is 1.73. The predicted molar refractivity (Wildman–Crippen MR) is 103 cm³/mol. The number of aliphatic hydroxyl groups is 1. The fourth-order valence-electron chi connectivity index (χ4n) is 3.69. The van der Waals surface area contributed by atoms with Crippen LogP contribution in [0, 0.1) is 0 Å². The van der Waals surface area contributed by atoms with Crippen LogP contribution < -0.4 is 11.1 Å². The summed E-state index contributed by atoms with van der Waals surface area (Å²) in [5, 5.41) is 18.0. The average molecular weight is 365 g/mol. The highest BCUT2D eigenvalue weighted by Crippen LogP contribution is 2.33. The second-order valence-corrected chi connectivity index (χ2v) is 7.51. The molecule has 0 aliphatic heterocycles. The quantitative estimate of drug-likeness (QED) is 0.659. The molecule has 1 aliphatic carbocycles. The lowest BCUT2D eigenvalue weighted by atomic mass is 9.83. The van der Waals surface area contributed by atoms with Crippen molar-refractivity contribution in [2.75, 3.05) is 5.32 Å². The van der Waals surface area contributed by atoms with Gasteiger partial charge in [0.1, 0.15) is 0 Å². The van der Waals surface area contributed by atoms with Crippen LogP contribution in [0.4, 0.5) is 5.69 Å². The van der Waals surface area contributed by atoms with Crippen LogP contribution in [0.5, 0.6) is 0 Å². The molecule has 1 aliphatic rings. The monoisotopic (exact) mass is 365 g/mol. The second kappa shape index (κ2) is 6.66. The molecule has 1 amide bonds. The number of nitrogens with one attached hydrogen (secondary N) is 1. The standard InChI is InChI=1S/C20H23N5O2/c1-20(27)6-2-15(3-7-20)24-18-16(19(21)26)11-23-25-12-14(10-17(18)25)13-4-8-22-9-5-13/h4-5,8-12,15,24,27H,2-3,6-7H2,1H3,(H2,21,26)/t15-,20+. The highest BCUT2D eigenvalue weighted by molar-refractivity contribution is 6.02. The van der Waals surface area contributed by atoms with E-state index in [1.807, 2.05) is 31.3 Å². The molecule has 4 rings (SSSR count). The summed E-state index contributed by atoms with van der Waals surface area (Å²) in [6, 6.07) is 6.03. The summed E-state index contributed by atoms with van der Waals surface area (Å²) < 4.78 is 1.75. The highest BCUT2D eigenvalue weighted by Gasteiger charge is 2.29. The van der Waals surface area contributed by atoms with Crippen molar-refractivity contribution in [3.8, 4) is 11.1 Å². The summed E-state index contributed by atoms with van der Waals surface area (Å²) >= 11 is 0. The number of carbonyl (C=O) groups excluding carboxylic acids is 1. The van der Waals surface area contributed by atoms with E-state index < -0.39 is 11.5 Å². The second-order valence-electron chi connectivity index (χ2n) is 7.51. The Labute approximate surface area is 157 Å². The molecule has 3 aromatic rings. The Morgan fingerprint density at radius 1 is 1.30 bits per heavy atom. The number of primary amides is 1. The summed E-state index contributed by atoms with van der Waals surface area (Å²) in [4.78, 5) is 16.0. The predicted octanol–water partition coefficient (Wildman–Crippen LogP) is 2.60. The van der Waals surface area contributed by atoms with Crippen LogP contribution in [0.15, 0.2) is 43.0 Å². The summed E-state index contributed by atoms with van der Waals surface area (Å²) in [5.41, 5.74) is 8.87. The molecule has 3 heterocycles. The molecule has 140 valence electrons. The van der Waals surface area contributed by atoms with Gasteiger partial charge in [0.2, 0.25) is 0 Å². The van der Waals surface area contributed by atoms with Gasteiger partial charge in [-0.3, -0.25) is 9.78 Å². The zero-order chi connectivity index (χ0) is 19.0. The van der Waals surface area contributed by atoms with Crippen LogP contribution in [-0.4, -0.2) is 37.3 Å². The fourth-order valence-corrected chi connectivity index (χ4v) is 3.69. The number of nitrogens with zero attached hydrogens (tertiary/aromatic N) is 3. The maximum absolute atomic E-state index is 12.0. The first-order chi connectivity index (χ1) is 12.9. The van der Waals surface area contributed by atoms with E-state index in [2.05, 4.69) is 15.4 Å². The molecule has 3 aromatic heterocycles. The Kier molecular flexibility index (Phi) is 4.31. The molecule has 0 aromatic carbocycles. The number of amides is 1. The molecular formula is C20H23N5O2. The third-order valence-electron chi connectivity index (χ3n) is 5.33. The van der Waals surface area contributed by atoms with Crippen molar-refractivity contribution in [2.24, 2.45) is 5.73 Å². The summed E-state index contributed by atoms with van der Waals surface area (Å²) in [5.74, 6) is -0.512. The van der Waals surface area contributed by atoms with Crippen LogP contribution in [0.25, 0.3) is 16.6 Å². The van der Waals surface area contributed by atoms with Gasteiger partial charge in [0.05, 0.1) is 28.6 Å². The molecule has 0 radical (unpaired) electrons. The topological polar surface area (TPSA) is 106 Å². The average Bonchev–Trinajstić information content (AvgIpc) is 3.09. The van der Waals surface area contributed by atoms with Gasteiger partial charge in [-0.05, 0) is 56.4 Å². The first-order valence-corrected chi connectivity index (χ1v) is 9.13. The van der Waals surface area contributed by atoms with Gasteiger partial charge < -0.3 is 16.2 Å². The number of rotatable bonds is 4. The van der Waals surface area contributed by atoms with Gasteiger partial charge in [0.15, 0.2) is 0 Å². The largest absolute Gasteiger partial charge is 0.390 e. The molecule has 0 bridgehead atoms. The van der Waals surface area contributed by atoms with Gasteiger partial charge in [0, 0.05) is 30.2 Å². The maximum Gasteiger partial charge on any atom is 0.252 e. The third-order valence-corrected chi connectivity index (χ3v) is 5.33. The lowest BCUT2D eigenvalue weighted by Crippen LogP contribution is -2.36. The van der Waals surface area contributed by atoms with Crippen molar-refractivity contribution in [3.05, 3.63) is 48.5 Å². The first-order valence-electron chi connectivity index (χ1n) is 9.13. The number of pyridine rings is 1. The summed E-state index contributed by atoms with van der Waals surface area (Å²) in [6.07, 6.45) is 10.0. The SMILES string of the molecule is C[C@]1(O)CC[C@@H](Nc2c(C(N)=O)cnn3cc(-c4ccncc4)cc23)CC1. The maximum atomic E-state index is 12.0. The molecule has 7 heteroatoms. The zero-order valence-corrected chi connectivity index (χ0v) is 15.2. The molecule has 0 spiro atoms. The van der Waals surface area contributed by atoms with E-state index >= 15 is 0 Å². The van der Waals surface area contributed by atoms with E-state index in [-0.39, 0.29) is 6.04 Å². The van der Waals surface area contributed by atoms with Crippen molar-refractivity contribution < 1.29 is 9.90 Å². The number of nitrogens with two attached hydrogens (primary N) is 1. The van der Waals surface area contributed by atoms with Crippen LogP contribution >= 0.6 is 0 Å². The molecule has 1 fully saturated rings. The molecular weight excluding hydrogens is 342 g/mol. The molecule has 0 saturated heterocycles. The minimum absolute atomic E-state index is 0.175. The molecule has 7 nitrogen and oxygen atoms in total. The van der Waals surface area contributed by atoms with Gasteiger partial charge in [0.25, 0.3) is 5.91 Å². The number of anilines is 1. The molecule has 0 atom stereocenters. The number of carbonyl (C=O) groups is 1. The fraction of sp³-hybridized carbons (Fsp3) is 0.350. The van der Waals surface area contributed by atoms with Crippen LogP contribution in [0.1, 0.15) is 43.0 Å². The van der Waals surface area contributed by atoms with E-state index in [4.69, 9.17) is 5.73 Å². The number of hydrogen-bond acceptors (Lipinski definition) is 5. The van der Waals surface area contributed by atoms with Gasteiger partial charge in [-0.25, -0.2) is 4.52 Å². The zero-order valence-electron chi connectivity index (χ0n) is 15.2.